The molecule has 0 aliphatic carbocycles. The topological polar surface area (TPSA) is 202 Å². The lowest BCUT2D eigenvalue weighted by molar-refractivity contribution is -0.169. The highest BCUT2D eigenvalue weighted by molar-refractivity contribution is 8.00. The van der Waals surface area contributed by atoms with Gasteiger partial charge in [0.05, 0.1) is 19.5 Å². The molecule has 0 aromatic carbocycles. The molecular formula is C20H27N3O13S2. The molecule has 2 heterocycles. The third-order valence-corrected chi connectivity index (χ3v) is 6.59. The number of nitrogens with one attached hydrogen (secondary N) is 1. The minimum absolute atomic E-state index is 0.0163. The summed E-state index contributed by atoms with van der Waals surface area (Å²) >= 11 is 1.20. The zero-order chi connectivity index (χ0) is 28.6. The predicted octanol–water partition coefficient (Wildman–Crippen LogP) is -1.10. The van der Waals surface area contributed by atoms with E-state index >= 15 is 0 Å². The van der Waals surface area contributed by atoms with Gasteiger partial charge in [0.15, 0.2) is 0 Å². The van der Waals surface area contributed by atoms with E-state index in [2.05, 4.69) is 24.2 Å². The van der Waals surface area contributed by atoms with Crippen LogP contribution in [0.25, 0.3) is 0 Å². The number of β-lactam (4-membered cyclic amide) rings is 1. The molecule has 0 aromatic rings. The van der Waals surface area contributed by atoms with Gasteiger partial charge in [-0.15, -0.1) is 11.8 Å². The summed E-state index contributed by atoms with van der Waals surface area (Å²) in [5, 5.41) is 4.87. The molecule has 2 unspecified atom stereocenters. The molecule has 0 bridgehead atoms. The van der Waals surface area contributed by atoms with Crippen molar-refractivity contribution in [3.05, 3.63) is 11.3 Å². The second-order valence-corrected chi connectivity index (χ2v) is 10.3. The van der Waals surface area contributed by atoms with E-state index in [1.807, 2.05) is 0 Å². The molecule has 2 amide bonds. The van der Waals surface area contributed by atoms with Gasteiger partial charge in [-0.1, -0.05) is 5.16 Å². The summed E-state index contributed by atoms with van der Waals surface area (Å²) in [6, 6.07) is -1.18. The molecular weight excluding hydrogens is 554 g/mol. The summed E-state index contributed by atoms with van der Waals surface area (Å²) in [5.41, 5.74) is -0.563. The van der Waals surface area contributed by atoms with Crippen molar-refractivity contribution in [1.29, 1.82) is 0 Å². The van der Waals surface area contributed by atoms with E-state index < -0.39 is 69.9 Å². The molecule has 2 rings (SSSR count). The van der Waals surface area contributed by atoms with E-state index in [1.165, 1.54) is 25.8 Å². The number of ketones is 1. The second-order valence-electron chi connectivity index (χ2n) is 7.53. The smallest absolute Gasteiger partial charge is 0.435 e. The summed E-state index contributed by atoms with van der Waals surface area (Å²) in [5.74, 6) is -3.72. The van der Waals surface area contributed by atoms with Crippen molar-refractivity contribution in [2.75, 3.05) is 46.0 Å². The number of hydrogen-bond acceptors (Lipinski definition) is 15. The lowest BCUT2D eigenvalue weighted by Gasteiger charge is -2.49. The number of ether oxygens (including phenoxy) is 4. The predicted molar refractivity (Wildman–Crippen MR) is 128 cm³/mol. The number of thioether (sulfide) groups is 1. The molecule has 0 radical (unpaired) electrons. The summed E-state index contributed by atoms with van der Waals surface area (Å²) < 4.78 is 46.4. The first-order valence-electron chi connectivity index (χ1n) is 10.8. The number of carbonyl (C=O) groups is 5. The van der Waals surface area contributed by atoms with Gasteiger partial charge in [-0.05, 0) is 12.5 Å². The number of esters is 1. The number of carbonyl (C=O) groups excluding carboxylic acids is 5. The van der Waals surface area contributed by atoms with Crippen molar-refractivity contribution in [1.82, 2.24) is 10.2 Å². The Morgan fingerprint density at radius 2 is 1.89 bits per heavy atom. The number of amides is 2. The zero-order valence-electron chi connectivity index (χ0n) is 21.1. The van der Waals surface area contributed by atoms with Gasteiger partial charge in [0.25, 0.3) is 21.9 Å². The van der Waals surface area contributed by atoms with Crippen LogP contribution >= 0.6 is 11.8 Å². The van der Waals surface area contributed by atoms with Crippen LogP contribution in [-0.2, 0) is 57.3 Å². The highest BCUT2D eigenvalue weighted by Crippen LogP contribution is 2.40. The van der Waals surface area contributed by atoms with Gasteiger partial charge in [-0.3, -0.25) is 23.5 Å². The summed E-state index contributed by atoms with van der Waals surface area (Å²) in [4.78, 5) is 68.0. The Bertz CT molecular complexity index is 1130. The van der Waals surface area contributed by atoms with Crippen molar-refractivity contribution in [3.63, 3.8) is 0 Å². The van der Waals surface area contributed by atoms with Gasteiger partial charge in [0, 0.05) is 19.8 Å². The minimum atomic E-state index is -3.98. The molecule has 212 valence electrons. The van der Waals surface area contributed by atoms with E-state index in [1.54, 1.807) is 6.92 Å². The fourth-order valence-electron chi connectivity index (χ4n) is 3.22. The highest BCUT2D eigenvalue weighted by Gasteiger charge is 2.55. The van der Waals surface area contributed by atoms with E-state index in [4.69, 9.17) is 14.2 Å². The Kier molecular flexibility index (Phi) is 11.0. The van der Waals surface area contributed by atoms with Gasteiger partial charge < -0.3 is 29.1 Å². The molecule has 3 atom stereocenters. The molecule has 0 saturated carbocycles. The second kappa shape index (κ2) is 13.5. The number of methoxy groups -OCH3 is 1. The third-order valence-electron chi connectivity index (χ3n) is 4.71. The Morgan fingerprint density at radius 1 is 1.21 bits per heavy atom. The Hall–Kier alpha value is -3.22. The van der Waals surface area contributed by atoms with Gasteiger partial charge in [0.1, 0.15) is 30.8 Å². The number of rotatable bonds is 13. The van der Waals surface area contributed by atoms with Crippen LogP contribution in [0.5, 0.6) is 0 Å². The first-order valence-corrected chi connectivity index (χ1v) is 13.7. The normalized spacial score (nSPS) is 20.1. The maximum atomic E-state index is 13.0. The van der Waals surface area contributed by atoms with Gasteiger partial charge in [0.2, 0.25) is 17.8 Å². The standard InChI is InChI=1S/C20H27N3O13S2/c1-6-33-20(28)36-10(2)35-19(27)15-11(7-31-3)9-37-18-14(17(26)23(15)18)21-16(25)13(22-32-4)12(24)8-34-38(5,29)30/h10,14,18H,6-9H2,1-5H3,(H,21,25)/t10?,14?,18-/m0/s1. The zero-order valence-corrected chi connectivity index (χ0v) is 22.7. The maximum Gasteiger partial charge on any atom is 0.511 e. The van der Waals surface area contributed by atoms with Crippen LogP contribution in [0.1, 0.15) is 13.8 Å². The quantitative estimate of drug-likeness (QED) is 0.0522. The Morgan fingerprint density at radius 3 is 2.47 bits per heavy atom. The van der Waals surface area contributed by atoms with Crippen molar-refractivity contribution in [2.24, 2.45) is 5.16 Å². The Balaban J connectivity index is 2.17. The lowest BCUT2D eigenvalue weighted by atomic mass is 10.0. The molecule has 38 heavy (non-hydrogen) atoms. The van der Waals surface area contributed by atoms with Crippen molar-refractivity contribution in [2.45, 2.75) is 31.6 Å². The van der Waals surface area contributed by atoms with Crippen LogP contribution in [0.2, 0.25) is 0 Å². The molecule has 1 fully saturated rings. The number of hydrogen-bond donors (Lipinski definition) is 1. The van der Waals surface area contributed by atoms with Gasteiger partial charge in [-0.25, -0.2) is 9.59 Å². The van der Waals surface area contributed by atoms with Crippen LogP contribution in [0.15, 0.2) is 16.4 Å². The number of Topliss-reactive ketones (excluding diaryl/α,β-unsaturated/α-hetero) is 1. The van der Waals surface area contributed by atoms with Crippen LogP contribution in [-0.4, -0.2) is 113 Å². The van der Waals surface area contributed by atoms with Crippen molar-refractivity contribution >= 4 is 57.3 Å². The number of nitrogens with zero attached hydrogens (tertiary/aromatic N) is 2. The monoisotopic (exact) mass is 581 g/mol. The summed E-state index contributed by atoms with van der Waals surface area (Å²) in [6.07, 6.45) is -1.68. The van der Waals surface area contributed by atoms with Crippen molar-refractivity contribution < 1.29 is 60.4 Å². The van der Waals surface area contributed by atoms with E-state index in [-0.39, 0.29) is 24.7 Å². The Labute approximate surface area is 222 Å². The van der Waals surface area contributed by atoms with E-state index in [9.17, 15) is 32.4 Å². The van der Waals surface area contributed by atoms with Crippen LogP contribution in [0.3, 0.4) is 0 Å². The van der Waals surface area contributed by atoms with Gasteiger partial charge >= 0.3 is 12.1 Å². The lowest BCUT2D eigenvalue weighted by Crippen LogP contribution is -2.71. The fraction of sp³-hybridized carbons (Fsp3) is 0.600. The molecule has 16 nitrogen and oxygen atoms in total. The van der Waals surface area contributed by atoms with Crippen molar-refractivity contribution in [3.8, 4) is 0 Å². The third kappa shape index (κ3) is 7.89. The molecule has 2 aliphatic rings. The van der Waals surface area contributed by atoms with E-state index in [0.717, 1.165) is 12.0 Å². The molecule has 1 saturated heterocycles. The van der Waals surface area contributed by atoms with E-state index in [0.29, 0.717) is 11.8 Å². The average molecular weight is 582 g/mol. The van der Waals surface area contributed by atoms with Crippen LogP contribution in [0, 0.1) is 0 Å². The van der Waals surface area contributed by atoms with Crippen LogP contribution in [0.4, 0.5) is 4.79 Å². The molecule has 0 spiro atoms. The average Bonchev–Trinajstić information content (AvgIpc) is 2.83. The highest BCUT2D eigenvalue weighted by atomic mass is 32.2. The molecule has 18 heteroatoms. The number of oxime groups is 1. The molecule has 0 aromatic heterocycles. The number of fused-ring (bicyclic) bond motifs is 1. The summed E-state index contributed by atoms with van der Waals surface area (Å²) in [7, 11) is -1.54. The minimum Gasteiger partial charge on any atom is -0.435 e. The SMILES string of the molecule is CCOC(=O)OC(C)OC(=O)C1=C(COC)CS[C@H]2C(NC(=O)C(=NOC)C(=O)COS(C)(=O)=O)C(=O)N12. The maximum absolute atomic E-state index is 13.0. The summed E-state index contributed by atoms with van der Waals surface area (Å²) in [6.45, 7) is 1.86. The first-order chi connectivity index (χ1) is 17.8. The molecule has 2 aliphatic heterocycles. The molecule has 1 N–H and O–H groups in total. The largest absolute Gasteiger partial charge is 0.511 e. The first kappa shape index (κ1) is 31.0. The fourth-order valence-corrected chi connectivity index (χ4v) is 4.87. The van der Waals surface area contributed by atoms with Crippen LogP contribution < -0.4 is 5.32 Å². The van der Waals surface area contributed by atoms with Gasteiger partial charge in [-0.2, -0.15) is 8.42 Å².